The number of hydrogen-bond acceptors (Lipinski definition) is 1. The lowest BCUT2D eigenvalue weighted by Crippen LogP contribution is -1.72. The summed E-state index contributed by atoms with van der Waals surface area (Å²) in [6.07, 6.45) is 11.5. The van der Waals surface area contributed by atoms with Gasteiger partial charge in [0.15, 0.2) is 0 Å². The molecule has 0 spiro atoms. The zero-order valence-electron chi connectivity index (χ0n) is 6.02. The molecule has 0 N–H and O–H groups in total. The summed E-state index contributed by atoms with van der Waals surface area (Å²) < 4.78 is 0. The van der Waals surface area contributed by atoms with Crippen LogP contribution in [0, 0.1) is 0 Å². The van der Waals surface area contributed by atoms with Crippen LogP contribution >= 0.6 is 11.8 Å². The van der Waals surface area contributed by atoms with E-state index in [0.29, 0.717) is 0 Å². The van der Waals surface area contributed by atoms with E-state index in [9.17, 15) is 0 Å². The summed E-state index contributed by atoms with van der Waals surface area (Å²) in [6.45, 7) is 0. The van der Waals surface area contributed by atoms with E-state index in [4.69, 9.17) is 0 Å². The highest BCUT2D eigenvalue weighted by molar-refractivity contribution is 8.02. The first-order chi connectivity index (χ1) is 4.43. The lowest BCUT2D eigenvalue weighted by molar-refractivity contribution is 0.716. The number of hydrogen-bond donors (Lipinski definition) is 0. The summed E-state index contributed by atoms with van der Waals surface area (Å²) in [5, 5.41) is 0. The van der Waals surface area contributed by atoms with Gasteiger partial charge in [-0.05, 0) is 36.8 Å². The van der Waals surface area contributed by atoms with E-state index in [1.807, 2.05) is 11.8 Å². The molecule has 0 saturated heterocycles. The van der Waals surface area contributed by atoms with Crippen molar-refractivity contribution >= 4 is 11.8 Å². The van der Waals surface area contributed by atoms with Crippen molar-refractivity contribution < 1.29 is 0 Å². The molecule has 0 aromatic rings. The molecular formula is C8H14S. The summed E-state index contributed by atoms with van der Waals surface area (Å²) in [5.74, 6) is 0. The minimum Gasteiger partial charge on any atom is -0.134 e. The molecule has 0 radical (unpaired) electrons. The molecule has 1 aliphatic carbocycles. The molecule has 0 aromatic heterocycles. The summed E-state index contributed by atoms with van der Waals surface area (Å²) in [5.41, 5.74) is 0. The van der Waals surface area contributed by atoms with Gasteiger partial charge in [0.25, 0.3) is 0 Å². The minimum absolute atomic E-state index is 1.32. The first-order valence-electron chi connectivity index (χ1n) is 3.66. The second kappa shape index (κ2) is 3.99. The van der Waals surface area contributed by atoms with Crippen molar-refractivity contribution in [3.8, 4) is 0 Å². The Hall–Kier alpha value is 0.0900. The molecule has 0 heterocycles. The van der Waals surface area contributed by atoms with Gasteiger partial charge >= 0.3 is 0 Å². The van der Waals surface area contributed by atoms with E-state index in [0.717, 1.165) is 0 Å². The smallest absolute Gasteiger partial charge is 0.0140 e. The van der Waals surface area contributed by atoms with Gasteiger partial charge in [0.1, 0.15) is 0 Å². The van der Waals surface area contributed by atoms with Crippen molar-refractivity contribution in [3.05, 3.63) is 11.0 Å². The number of allylic oxidation sites excluding steroid dienone is 2. The van der Waals surface area contributed by atoms with Gasteiger partial charge in [-0.3, -0.25) is 0 Å². The molecule has 0 nitrogen and oxygen atoms in total. The van der Waals surface area contributed by atoms with Crippen molar-refractivity contribution in [2.45, 2.75) is 32.1 Å². The Bertz CT molecular complexity index is 105. The summed E-state index contributed by atoms with van der Waals surface area (Å²) in [6, 6.07) is 0. The second-order valence-electron chi connectivity index (χ2n) is 2.47. The van der Waals surface area contributed by atoms with Crippen LogP contribution in [0.5, 0.6) is 0 Å². The van der Waals surface area contributed by atoms with Crippen molar-refractivity contribution in [2.24, 2.45) is 0 Å². The second-order valence-corrected chi connectivity index (χ2v) is 3.41. The SMILES string of the molecule is CSC1=CCCCCC1. The molecular weight excluding hydrogens is 128 g/mol. The van der Waals surface area contributed by atoms with Crippen molar-refractivity contribution in [2.75, 3.05) is 6.26 Å². The normalized spacial score (nSPS) is 20.8. The van der Waals surface area contributed by atoms with Gasteiger partial charge in [-0.2, -0.15) is 0 Å². The standard InChI is InChI=1S/C8H14S/c1-9-8-6-4-2-3-5-7-8/h6H,2-5,7H2,1H3. The zero-order chi connectivity index (χ0) is 6.53. The average Bonchev–Trinajstić information content (AvgIpc) is 2.13. The molecule has 0 aliphatic heterocycles. The molecule has 1 heteroatoms. The van der Waals surface area contributed by atoms with Crippen molar-refractivity contribution in [1.29, 1.82) is 0 Å². The topological polar surface area (TPSA) is 0 Å². The molecule has 0 aromatic carbocycles. The van der Waals surface area contributed by atoms with Crippen LogP contribution in [0.15, 0.2) is 11.0 Å². The van der Waals surface area contributed by atoms with Crippen LogP contribution in [0.2, 0.25) is 0 Å². The van der Waals surface area contributed by atoms with Crippen LogP contribution in [-0.4, -0.2) is 6.26 Å². The molecule has 0 unspecified atom stereocenters. The van der Waals surface area contributed by atoms with Gasteiger partial charge < -0.3 is 0 Å². The van der Waals surface area contributed by atoms with E-state index in [2.05, 4.69) is 12.3 Å². The van der Waals surface area contributed by atoms with Crippen LogP contribution in [0.3, 0.4) is 0 Å². The minimum atomic E-state index is 1.32. The third-order valence-corrected chi connectivity index (χ3v) is 2.66. The summed E-state index contributed by atoms with van der Waals surface area (Å²) in [7, 11) is 0. The Kier molecular flexibility index (Phi) is 3.20. The molecule has 52 valence electrons. The van der Waals surface area contributed by atoms with Crippen molar-refractivity contribution in [3.63, 3.8) is 0 Å². The average molecular weight is 142 g/mol. The molecule has 1 aliphatic rings. The Morgan fingerprint density at radius 1 is 1.33 bits per heavy atom. The van der Waals surface area contributed by atoms with E-state index >= 15 is 0 Å². The summed E-state index contributed by atoms with van der Waals surface area (Å²) in [4.78, 5) is 1.60. The molecule has 0 saturated carbocycles. The maximum absolute atomic E-state index is 2.40. The molecule has 1 rings (SSSR count). The third kappa shape index (κ3) is 2.44. The van der Waals surface area contributed by atoms with E-state index < -0.39 is 0 Å². The van der Waals surface area contributed by atoms with Crippen LogP contribution in [-0.2, 0) is 0 Å². The predicted molar refractivity (Wildman–Crippen MR) is 44.7 cm³/mol. The lowest BCUT2D eigenvalue weighted by atomic mass is 10.2. The quantitative estimate of drug-likeness (QED) is 0.542. The monoisotopic (exact) mass is 142 g/mol. The predicted octanol–water partition coefficient (Wildman–Crippen LogP) is 3.20. The fourth-order valence-corrected chi connectivity index (χ4v) is 1.80. The van der Waals surface area contributed by atoms with Gasteiger partial charge in [-0.15, -0.1) is 11.8 Å². The highest BCUT2D eigenvalue weighted by Gasteiger charge is 1.99. The van der Waals surface area contributed by atoms with Gasteiger partial charge in [-0.1, -0.05) is 12.5 Å². The van der Waals surface area contributed by atoms with Crippen LogP contribution in [0.25, 0.3) is 0 Å². The maximum atomic E-state index is 2.40. The first kappa shape index (κ1) is 7.20. The third-order valence-electron chi connectivity index (χ3n) is 1.76. The zero-order valence-corrected chi connectivity index (χ0v) is 6.84. The van der Waals surface area contributed by atoms with E-state index in [-0.39, 0.29) is 0 Å². The van der Waals surface area contributed by atoms with Gasteiger partial charge in [0.05, 0.1) is 0 Å². The fourth-order valence-electron chi connectivity index (χ4n) is 1.17. The van der Waals surface area contributed by atoms with Gasteiger partial charge in [0.2, 0.25) is 0 Å². The molecule has 0 fully saturated rings. The number of rotatable bonds is 1. The largest absolute Gasteiger partial charge is 0.134 e. The molecule has 0 amide bonds. The Labute approximate surface area is 61.7 Å². The summed E-state index contributed by atoms with van der Waals surface area (Å²) >= 11 is 1.92. The Morgan fingerprint density at radius 2 is 2.22 bits per heavy atom. The van der Waals surface area contributed by atoms with Crippen LogP contribution in [0.4, 0.5) is 0 Å². The van der Waals surface area contributed by atoms with Crippen LogP contribution < -0.4 is 0 Å². The Balaban J connectivity index is 2.37. The maximum Gasteiger partial charge on any atom is -0.0140 e. The van der Waals surface area contributed by atoms with E-state index in [1.165, 1.54) is 32.1 Å². The van der Waals surface area contributed by atoms with Crippen LogP contribution in [0.1, 0.15) is 32.1 Å². The fraction of sp³-hybridized carbons (Fsp3) is 0.750. The molecule has 9 heavy (non-hydrogen) atoms. The molecule has 0 bridgehead atoms. The highest BCUT2D eigenvalue weighted by Crippen LogP contribution is 2.23. The van der Waals surface area contributed by atoms with Crippen molar-refractivity contribution in [1.82, 2.24) is 0 Å². The highest BCUT2D eigenvalue weighted by atomic mass is 32.2. The first-order valence-corrected chi connectivity index (χ1v) is 4.89. The lowest BCUT2D eigenvalue weighted by Gasteiger charge is -1.96. The van der Waals surface area contributed by atoms with Gasteiger partial charge in [0, 0.05) is 0 Å². The Morgan fingerprint density at radius 3 is 3.00 bits per heavy atom. The molecule has 0 atom stereocenters. The van der Waals surface area contributed by atoms with E-state index in [1.54, 1.807) is 4.91 Å². The number of thioether (sulfide) groups is 1. The van der Waals surface area contributed by atoms with Gasteiger partial charge in [-0.25, -0.2) is 0 Å².